The molecule has 0 aliphatic heterocycles. The van der Waals surface area contributed by atoms with E-state index in [1.165, 1.54) is 10.9 Å². The van der Waals surface area contributed by atoms with Gasteiger partial charge in [-0.15, -0.1) is 10.2 Å². The molecule has 2 aromatic heterocycles. The molecular formula is C13H11N5O. The molecule has 0 amide bonds. The number of hydrogen-bond acceptors (Lipinski definition) is 5. The molecule has 2 heterocycles. The summed E-state index contributed by atoms with van der Waals surface area (Å²) >= 11 is 0. The van der Waals surface area contributed by atoms with Crippen molar-refractivity contribution in [3.8, 4) is 11.4 Å². The zero-order valence-electron chi connectivity index (χ0n) is 10.5. The lowest BCUT2D eigenvalue weighted by Crippen LogP contribution is -2.20. The van der Waals surface area contributed by atoms with Crippen LogP contribution >= 0.6 is 0 Å². The Hall–Kier alpha value is -2.63. The molecular weight excluding hydrogens is 242 g/mol. The van der Waals surface area contributed by atoms with Crippen LogP contribution in [0.15, 0.2) is 35.3 Å². The Kier molecular flexibility index (Phi) is 2.56. The van der Waals surface area contributed by atoms with Crippen molar-refractivity contribution in [3.05, 3.63) is 46.4 Å². The molecule has 6 heteroatoms. The third-order valence-corrected chi connectivity index (χ3v) is 2.84. The smallest absolute Gasteiger partial charge is 0.265 e. The molecule has 0 saturated heterocycles. The molecule has 0 radical (unpaired) electrons. The van der Waals surface area contributed by atoms with E-state index in [1.54, 1.807) is 7.05 Å². The molecule has 0 N–H and O–H groups in total. The first-order valence-corrected chi connectivity index (χ1v) is 5.79. The predicted octanol–water partition coefficient (Wildman–Crippen LogP) is 1.09. The summed E-state index contributed by atoms with van der Waals surface area (Å²) in [5, 5.41) is 11.9. The Bertz CT molecular complexity index is 825. The first-order chi connectivity index (χ1) is 9.15. The summed E-state index contributed by atoms with van der Waals surface area (Å²) in [6.07, 6.45) is 1.48. The molecule has 0 aliphatic rings. The predicted molar refractivity (Wildman–Crippen MR) is 70.5 cm³/mol. The highest BCUT2D eigenvalue weighted by atomic mass is 16.1. The zero-order chi connectivity index (χ0) is 13.4. The summed E-state index contributed by atoms with van der Waals surface area (Å²) in [6, 6.07) is 7.75. The highest BCUT2D eigenvalue weighted by Crippen LogP contribution is 2.16. The van der Waals surface area contributed by atoms with Crippen molar-refractivity contribution in [2.45, 2.75) is 6.92 Å². The Labute approximate surface area is 108 Å². The lowest BCUT2D eigenvalue weighted by Gasteiger charge is -2.02. The highest BCUT2D eigenvalue weighted by Gasteiger charge is 2.08. The van der Waals surface area contributed by atoms with E-state index in [0.29, 0.717) is 11.3 Å². The Morgan fingerprint density at radius 2 is 2.05 bits per heavy atom. The van der Waals surface area contributed by atoms with Gasteiger partial charge in [-0.3, -0.25) is 4.79 Å². The monoisotopic (exact) mass is 253 g/mol. The second-order valence-electron chi connectivity index (χ2n) is 4.31. The van der Waals surface area contributed by atoms with E-state index in [9.17, 15) is 4.79 Å². The van der Waals surface area contributed by atoms with Gasteiger partial charge in [0, 0.05) is 12.6 Å². The third-order valence-electron chi connectivity index (χ3n) is 2.84. The van der Waals surface area contributed by atoms with Gasteiger partial charge in [0.1, 0.15) is 5.52 Å². The van der Waals surface area contributed by atoms with Crippen LogP contribution in [-0.2, 0) is 7.05 Å². The Balaban J connectivity index is 2.27. The van der Waals surface area contributed by atoms with Crippen molar-refractivity contribution in [1.82, 2.24) is 25.0 Å². The van der Waals surface area contributed by atoms with Gasteiger partial charge >= 0.3 is 0 Å². The number of hydrogen-bond donors (Lipinski definition) is 0. The molecule has 6 nitrogen and oxygen atoms in total. The third kappa shape index (κ3) is 1.97. The number of nitrogens with zero attached hydrogens (tertiary/aromatic N) is 5. The van der Waals surface area contributed by atoms with Crippen LogP contribution in [0.25, 0.3) is 22.4 Å². The standard InChI is InChI=1S/C13H11N5O/c1-8-4-3-5-9(6-8)12-15-11-10(16-17-12)7-14-18(2)13(11)19/h3-7H,1-2H3. The maximum atomic E-state index is 11.9. The summed E-state index contributed by atoms with van der Waals surface area (Å²) in [4.78, 5) is 16.2. The molecule has 0 saturated carbocycles. The van der Waals surface area contributed by atoms with E-state index in [4.69, 9.17) is 0 Å². The van der Waals surface area contributed by atoms with Gasteiger partial charge in [0.15, 0.2) is 11.3 Å². The first-order valence-electron chi connectivity index (χ1n) is 5.79. The molecule has 0 aliphatic carbocycles. The van der Waals surface area contributed by atoms with Crippen molar-refractivity contribution in [1.29, 1.82) is 0 Å². The van der Waals surface area contributed by atoms with Gasteiger partial charge < -0.3 is 0 Å². The van der Waals surface area contributed by atoms with E-state index in [0.717, 1.165) is 11.1 Å². The minimum absolute atomic E-state index is 0.277. The van der Waals surface area contributed by atoms with Crippen LogP contribution in [0.5, 0.6) is 0 Å². The maximum absolute atomic E-state index is 11.9. The minimum Gasteiger partial charge on any atom is -0.265 e. The van der Waals surface area contributed by atoms with Crippen LogP contribution in [0.1, 0.15) is 5.56 Å². The fourth-order valence-corrected chi connectivity index (χ4v) is 1.83. The normalized spacial score (nSPS) is 10.8. The van der Waals surface area contributed by atoms with Gasteiger partial charge in [-0.2, -0.15) is 5.10 Å². The van der Waals surface area contributed by atoms with Crippen LogP contribution < -0.4 is 5.56 Å². The van der Waals surface area contributed by atoms with Gasteiger partial charge in [0.25, 0.3) is 5.56 Å². The quantitative estimate of drug-likeness (QED) is 0.649. The molecule has 0 spiro atoms. The highest BCUT2D eigenvalue weighted by molar-refractivity contribution is 5.73. The van der Waals surface area contributed by atoms with Gasteiger partial charge in [-0.05, 0) is 13.0 Å². The molecule has 0 fully saturated rings. The van der Waals surface area contributed by atoms with E-state index >= 15 is 0 Å². The van der Waals surface area contributed by atoms with Gasteiger partial charge in [-0.25, -0.2) is 9.67 Å². The summed E-state index contributed by atoms with van der Waals surface area (Å²) in [6.45, 7) is 1.99. The first kappa shape index (κ1) is 11.5. The number of aryl methyl sites for hydroxylation is 2. The minimum atomic E-state index is -0.277. The van der Waals surface area contributed by atoms with Crippen molar-refractivity contribution < 1.29 is 0 Å². The van der Waals surface area contributed by atoms with Crippen molar-refractivity contribution >= 4 is 11.0 Å². The second-order valence-corrected chi connectivity index (χ2v) is 4.31. The molecule has 19 heavy (non-hydrogen) atoms. The van der Waals surface area contributed by atoms with Crippen LogP contribution in [-0.4, -0.2) is 25.0 Å². The molecule has 0 bridgehead atoms. The molecule has 3 rings (SSSR count). The van der Waals surface area contributed by atoms with Gasteiger partial charge in [0.2, 0.25) is 0 Å². The zero-order valence-corrected chi connectivity index (χ0v) is 10.5. The van der Waals surface area contributed by atoms with Crippen LogP contribution in [0.2, 0.25) is 0 Å². The Morgan fingerprint density at radius 3 is 2.84 bits per heavy atom. The van der Waals surface area contributed by atoms with Crippen molar-refractivity contribution in [2.75, 3.05) is 0 Å². The fourth-order valence-electron chi connectivity index (χ4n) is 1.83. The molecule has 0 atom stereocenters. The SMILES string of the molecule is Cc1cccc(-c2nnc3cnn(C)c(=O)c3n2)c1. The summed E-state index contributed by atoms with van der Waals surface area (Å²) in [5.41, 5.74) is 2.35. The molecule has 3 aromatic rings. The number of fused-ring (bicyclic) bond motifs is 1. The largest absolute Gasteiger partial charge is 0.294 e. The molecule has 94 valence electrons. The summed E-state index contributed by atoms with van der Waals surface area (Å²) in [5.74, 6) is 0.444. The summed E-state index contributed by atoms with van der Waals surface area (Å²) in [7, 11) is 1.58. The average Bonchev–Trinajstić information content (AvgIpc) is 2.43. The lowest BCUT2D eigenvalue weighted by atomic mass is 10.1. The van der Waals surface area contributed by atoms with Crippen molar-refractivity contribution in [2.24, 2.45) is 7.05 Å². The molecule has 1 aromatic carbocycles. The summed E-state index contributed by atoms with van der Waals surface area (Å²) < 4.78 is 1.23. The van der Waals surface area contributed by atoms with E-state index in [-0.39, 0.29) is 11.1 Å². The Morgan fingerprint density at radius 1 is 1.21 bits per heavy atom. The van der Waals surface area contributed by atoms with Gasteiger partial charge in [-0.1, -0.05) is 23.8 Å². The fraction of sp³-hybridized carbons (Fsp3) is 0.154. The second kappa shape index (κ2) is 4.24. The topological polar surface area (TPSA) is 73.6 Å². The number of benzene rings is 1. The number of aromatic nitrogens is 5. The molecule has 0 unspecified atom stereocenters. The van der Waals surface area contributed by atoms with E-state index < -0.39 is 0 Å². The van der Waals surface area contributed by atoms with Gasteiger partial charge in [0.05, 0.1) is 6.20 Å². The van der Waals surface area contributed by atoms with Crippen LogP contribution in [0.3, 0.4) is 0 Å². The number of rotatable bonds is 1. The lowest BCUT2D eigenvalue weighted by molar-refractivity contribution is 0.713. The van der Waals surface area contributed by atoms with Crippen LogP contribution in [0.4, 0.5) is 0 Å². The van der Waals surface area contributed by atoms with E-state index in [1.807, 2.05) is 31.2 Å². The van der Waals surface area contributed by atoms with Crippen molar-refractivity contribution in [3.63, 3.8) is 0 Å². The van der Waals surface area contributed by atoms with Crippen LogP contribution in [0, 0.1) is 6.92 Å². The average molecular weight is 253 g/mol. The maximum Gasteiger partial charge on any atom is 0.294 e. The van der Waals surface area contributed by atoms with E-state index in [2.05, 4.69) is 20.3 Å².